The summed E-state index contributed by atoms with van der Waals surface area (Å²) in [5, 5.41) is 5.12. The number of amides is 1. The zero-order chi connectivity index (χ0) is 12.4. The van der Waals surface area contributed by atoms with E-state index in [1.54, 1.807) is 10.9 Å². The molecule has 1 amide bonds. The van der Waals surface area contributed by atoms with Crippen LogP contribution in [-0.2, 0) is 6.54 Å². The summed E-state index contributed by atoms with van der Waals surface area (Å²) in [5.41, 5.74) is 4.35. The van der Waals surface area contributed by atoms with Crippen molar-refractivity contribution >= 4 is 22.9 Å². The molecule has 1 aliphatic rings. The predicted molar refractivity (Wildman–Crippen MR) is 71.9 cm³/mol. The lowest BCUT2D eigenvalue weighted by atomic mass is 10.1. The van der Waals surface area contributed by atoms with Crippen LogP contribution in [-0.4, -0.2) is 24.0 Å². The second-order valence-electron chi connectivity index (χ2n) is 4.14. The number of benzene rings is 1. The summed E-state index contributed by atoms with van der Waals surface area (Å²) in [5.74, 6) is -0.0209. The van der Waals surface area contributed by atoms with Gasteiger partial charge in [0.05, 0.1) is 5.51 Å². The van der Waals surface area contributed by atoms with Crippen LogP contribution in [0, 0.1) is 0 Å². The molecule has 3 rings (SSSR count). The fourth-order valence-corrected chi connectivity index (χ4v) is 2.65. The van der Waals surface area contributed by atoms with Crippen molar-refractivity contribution in [2.45, 2.75) is 6.54 Å². The number of thiazole rings is 1. The number of nitrogens with one attached hydrogen (secondary N) is 1. The minimum absolute atomic E-state index is 0.0209. The number of carbonyl (C=O) groups excluding carboxylic acids is 1. The molecule has 4 nitrogen and oxygen atoms in total. The minimum atomic E-state index is -0.0209. The van der Waals surface area contributed by atoms with Gasteiger partial charge in [-0.25, -0.2) is 4.98 Å². The van der Waals surface area contributed by atoms with Crippen LogP contribution in [0.5, 0.6) is 0 Å². The first kappa shape index (κ1) is 11.4. The minimum Gasteiger partial charge on any atom is -0.311 e. The molecule has 2 heterocycles. The molecular weight excluding hydrogens is 246 g/mol. The molecule has 2 aromatic rings. The van der Waals surface area contributed by atoms with Gasteiger partial charge in [0.25, 0.3) is 5.91 Å². The van der Waals surface area contributed by atoms with Gasteiger partial charge in [0.1, 0.15) is 5.69 Å². The standard InChI is InChI=1S/C13H13N3OS/c17-13(11-8-18-9-15-11)16-6-5-14-7-10-3-1-2-4-12(10)16/h1-4,8-9,14H,5-7H2. The quantitative estimate of drug-likeness (QED) is 0.850. The maximum atomic E-state index is 12.4. The van der Waals surface area contributed by atoms with Gasteiger partial charge >= 0.3 is 0 Å². The molecule has 0 radical (unpaired) electrons. The fourth-order valence-electron chi connectivity index (χ4n) is 2.13. The molecule has 1 N–H and O–H groups in total. The molecule has 0 saturated heterocycles. The highest BCUT2D eigenvalue weighted by Gasteiger charge is 2.22. The summed E-state index contributed by atoms with van der Waals surface area (Å²) in [7, 11) is 0. The number of nitrogens with zero attached hydrogens (tertiary/aromatic N) is 2. The molecule has 92 valence electrons. The Kier molecular flexibility index (Phi) is 3.08. The largest absolute Gasteiger partial charge is 0.311 e. The summed E-state index contributed by atoms with van der Waals surface area (Å²) in [6.45, 7) is 2.27. The summed E-state index contributed by atoms with van der Waals surface area (Å²) in [4.78, 5) is 18.3. The van der Waals surface area contributed by atoms with Gasteiger partial charge in [-0.3, -0.25) is 4.79 Å². The van der Waals surface area contributed by atoms with E-state index < -0.39 is 0 Å². The topological polar surface area (TPSA) is 45.2 Å². The second-order valence-corrected chi connectivity index (χ2v) is 4.85. The lowest BCUT2D eigenvalue weighted by Crippen LogP contribution is -2.34. The van der Waals surface area contributed by atoms with Crippen molar-refractivity contribution in [1.82, 2.24) is 10.3 Å². The molecule has 0 aliphatic carbocycles. The van der Waals surface area contributed by atoms with E-state index in [9.17, 15) is 4.79 Å². The maximum Gasteiger partial charge on any atom is 0.277 e. The maximum absolute atomic E-state index is 12.4. The molecule has 1 aromatic heterocycles. The van der Waals surface area contributed by atoms with Crippen LogP contribution >= 0.6 is 11.3 Å². The van der Waals surface area contributed by atoms with Crippen LogP contribution < -0.4 is 10.2 Å². The predicted octanol–water partition coefficient (Wildman–Crippen LogP) is 1.89. The summed E-state index contributed by atoms with van der Waals surface area (Å²) >= 11 is 1.44. The third kappa shape index (κ3) is 2.02. The van der Waals surface area contributed by atoms with Gasteiger partial charge in [-0.15, -0.1) is 11.3 Å². The highest BCUT2D eigenvalue weighted by atomic mass is 32.1. The van der Waals surface area contributed by atoms with Crippen LogP contribution in [0.3, 0.4) is 0 Å². The van der Waals surface area contributed by atoms with Crippen molar-refractivity contribution in [2.75, 3.05) is 18.0 Å². The first-order valence-corrected chi connectivity index (χ1v) is 6.79. The zero-order valence-corrected chi connectivity index (χ0v) is 10.6. The number of para-hydroxylation sites is 1. The van der Waals surface area contributed by atoms with Crippen molar-refractivity contribution in [3.63, 3.8) is 0 Å². The molecular formula is C13H13N3OS. The third-order valence-electron chi connectivity index (χ3n) is 3.01. The molecule has 0 saturated carbocycles. The smallest absolute Gasteiger partial charge is 0.277 e. The highest BCUT2D eigenvalue weighted by molar-refractivity contribution is 7.07. The van der Waals surface area contributed by atoms with Gasteiger partial charge in [-0.2, -0.15) is 0 Å². The Labute approximate surface area is 109 Å². The Morgan fingerprint density at radius 2 is 2.28 bits per heavy atom. The molecule has 1 aromatic carbocycles. The number of carbonyl (C=O) groups is 1. The Morgan fingerprint density at radius 3 is 3.11 bits per heavy atom. The van der Waals surface area contributed by atoms with Gasteiger partial charge in [0.2, 0.25) is 0 Å². The second kappa shape index (κ2) is 4.88. The number of hydrogen-bond donors (Lipinski definition) is 1. The molecule has 0 unspecified atom stereocenters. The SMILES string of the molecule is O=C(c1cscn1)N1CCNCc2ccccc21. The van der Waals surface area contributed by atoms with Crippen molar-refractivity contribution in [1.29, 1.82) is 0 Å². The van der Waals surface area contributed by atoms with Crippen molar-refractivity contribution in [3.05, 3.63) is 46.4 Å². The first-order valence-electron chi connectivity index (χ1n) is 5.85. The van der Waals surface area contributed by atoms with Crippen molar-refractivity contribution in [2.24, 2.45) is 0 Å². The van der Waals surface area contributed by atoms with Crippen LogP contribution in [0.2, 0.25) is 0 Å². The summed E-state index contributed by atoms with van der Waals surface area (Å²) in [6.07, 6.45) is 0. The van der Waals surface area contributed by atoms with Gasteiger partial charge in [0.15, 0.2) is 0 Å². The Balaban J connectivity index is 1.99. The average molecular weight is 259 g/mol. The third-order valence-corrected chi connectivity index (χ3v) is 3.59. The summed E-state index contributed by atoms with van der Waals surface area (Å²) < 4.78 is 0. The van der Waals surface area contributed by atoms with E-state index in [0.717, 1.165) is 24.3 Å². The number of aromatic nitrogens is 1. The van der Waals surface area contributed by atoms with Gasteiger partial charge in [0, 0.05) is 30.7 Å². The van der Waals surface area contributed by atoms with Crippen molar-refractivity contribution in [3.8, 4) is 0 Å². The number of anilines is 1. The Morgan fingerprint density at radius 1 is 1.39 bits per heavy atom. The Bertz CT molecular complexity index is 553. The molecule has 0 fully saturated rings. The normalized spacial score (nSPS) is 15.0. The van der Waals surface area contributed by atoms with Gasteiger partial charge < -0.3 is 10.2 Å². The number of fused-ring (bicyclic) bond motifs is 1. The lowest BCUT2D eigenvalue weighted by Gasteiger charge is -2.21. The fraction of sp³-hybridized carbons (Fsp3) is 0.231. The molecule has 0 atom stereocenters. The van der Waals surface area contributed by atoms with Crippen molar-refractivity contribution < 1.29 is 4.79 Å². The average Bonchev–Trinajstić information content (AvgIpc) is 2.85. The molecule has 1 aliphatic heterocycles. The van der Waals surface area contributed by atoms with Gasteiger partial charge in [-0.1, -0.05) is 18.2 Å². The van der Waals surface area contributed by atoms with E-state index in [-0.39, 0.29) is 5.91 Å². The number of hydrogen-bond acceptors (Lipinski definition) is 4. The molecule has 18 heavy (non-hydrogen) atoms. The van der Waals surface area contributed by atoms with E-state index >= 15 is 0 Å². The van der Waals surface area contributed by atoms with E-state index in [1.807, 2.05) is 23.1 Å². The molecule has 0 spiro atoms. The highest BCUT2D eigenvalue weighted by Crippen LogP contribution is 2.23. The van der Waals surface area contributed by atoms with E-state index in [4.69, 9.17) is 0 Å². The number of rotatable bonds is 1. The van der Waals surface area contributed by atoms with Gasteiger partial charge in [-0.05, 0) is 11.6 Å². The van der Waals surface area contributed by atoms with Crippen LogP contribution in [0.15, 0.2) is 35.2 Å². The Hall–Kier alpha value is -1.72. The van der Waals surface area contributed by atoms with Crippen LogP contribution in [0.1, 0.15) is 16.1 Å². The molecule has 0 bridgehead atoms. The summed E-state index contributed by atoms with van der Waals surface area (Å²) in [6, 6.07) is 8.00. The van der Waals surface area contributed by atoms with E-state index in [2.05, 4.69) is 16.4 Å². The van der Waals surface area contributed by atoms with E-state index in [1.165, 1.54) is 11.3 Å². The first-order chi connectivity index (χ1) is 8.86. The lowest BCUT2D eigenvalue weighted by molar-refractivity contribution is 0.0983. The monoisotopic (exact) mass is 259 g/mol. The van der Waals surface area contributed by atoms with Crippen LogP contribution in [0.25, 0.3) is 0 Å². The zero-order valence-electron chi connectivity index (χ0n) is 9.80. The van der Waals surface area contributed by atoms with Crippen LogP contribution in [0.4, 0.5) is 5.69 Å². The molecule has 5 heteroatoms. The van der Waals surface area contributed by atoms with E-state index in [0.29, 0.717) is 12.2 Å².